The molecule has 1 saturated carbocycles. The van der Waals surface area contributed by atoms with Gasteiger partial charge in [0.05, 0.1) is 24.3 Å². The molecule has 0 bridgehead atoms. The number of ether oxygens (including phenoxy) is 1. The van der Waals surface area contributed by atoms with Crippen molar-refractivity contribution in [1.82, 2.24) is 14.9 Å². The summed E-state index contributed by atoms with van der Waals surface area (Å²) in [4.78, 5) is 17.5. The van der Waals surface area contributed by atoms with Gasteiger partial charge in [-0.15, -0.1) is 0 Å². The van der Waals surface area contributed by atoms with Gasteiger partial charge in [-0.1, -0.05) is 40.7 Å². The molecule has 198 valence electrons. The van der Waals surface area contributed by atoms with Crippen molar-refractivity contribution in [2.75, 3.05) is 12.4 Å². The maximum Gasteiger partial charge on any atom is 0.261 e. The molecule has 6 nitrogen and oxygen atoms in total. The lowest BCUT2D eigenvalue weighted by Crippen LogP contribution is -2.52. The number of nitrogens with one attached hydrogen (secondary N) is 2. The number of methoxy groups -OCH3 is 1. The number of fused-ring (bicyclic) bond motifs is 1. The number of aromatic nitrogens is 2. The fraction of sp³-hybridized carbons (Fsp3) is 0.483. The average Bonchev–Trinajstić information content (AvgIpc) is 2.86. The van der Waals surface area contributed by atoms with Gasteiger partial charge in [0, 0.05) is 24.3 Å². The number of halogens is 1. The van der Waals surface area contributed by atoms with Crippen LogP contribution in [-0.2, 0) is 13.0 Å². The Hall–Kier alpha value is -3.00. The van der Waals surface area contributed by atoms with E-state index in [1.165, 1.54) is 24.1 Å². The Balaban J connectivity index is 1.42. The van der Waals surface area contributed by atoms with Crippen LogP contribution in [0.25, 0.3) is 10.9 Å². The summed E-state index contributed by atoms with van der Waals surface area (Å²) in [5, 5.41) is 7.87. The highest BCUT2D eigenvalue weighted by molar-refractivity contribution is 7.80. The molecular weight excluding hydrogens is 487 g/mol. The number of benzene rings is 2. The van der Waals surface area contributed by atoms with Crippen molar-refractivity contribution < 1.29 is 9.13 Å². The number of aryl methyl sites for hydroxylation is 2. The molecule has 0 aliphatic heterocycles. The topological polar surface area (TPSA) is 68.2 Å². The van der Waals surface area contributed by atoms with E-state index in [4.69, 9.17) is 17.0 Å². The fourth-order valence-corrected chi connectivity index (χ4v) is 5.66. The zero-order valence-electron chi connectivity index (χ0n) is 22.5. The van der Waals surface area contributed by atoms with Crippen LogP contribution < -0.4 is 20.9 Å². The second-order valence-corrected chi connectivity index (χ2v) is 11.4. The summed E-state index contributed by atoms with van der Waals surface area (Å²) >= 11 is 5.63. The number of nitrogens with zero attached hydrogens (tertiary/aromatic N) is 2. The van der Waals surface area contributed by atoms with Gasteiger partial charge in [0.15, 0.2) is 5.11 Å². The van der Waals surface area contributed by atoms with E-state index in [-0.39, 0.29) is 11.4 Å². The summed E-state index contributed by atoms with van der Waals surface area (Å²) in [5.74, 6) is 1.77. The van der Waals surface area contributed by atoms with Gasteiger partial charge >= 0.3 is 0 Å². The largest absolute Gasteiger partial charge is 0.497 e. The minimum Gasteiger partial charge on any atom is -0.497 e. The Kier molecular flexibility index (Phi) is 7.88. The average molecular weight is 525 g/mol. The van der Waals surface area contributed by atoms with Crippen LogP contribution in [0.1, 0.15) is 46.6 Å². The number of thiocarbonyl (C=S) groups is 1. The zero-order chi connectivity index (χ0) is 26.9. The monoisotopic (exact) mass is 524 g/mol. The van der Waals surface area contributed by atoms with Crippen LogP contribution in [0, 0.1) is 29.0 Å². The molecule has 0 amide bonds. The van der Waals surface area contributed by atoms with Crippen molar-refractivity contribution in [2.24, 2.45) is 23.2 Å². The molecule has 1 heterocycles. The van der Waals surface area contributed by atoms with Crippen molar-refractivity contribution >= 4 is 33.9 Å². The maximum absolute atomic E-state index is 14.3. The van der Waals surface area contributed by atoms with Gasteiger partial charge in [-0.25, -0.2) is 9.37 Å². The summed E-state index contributed by atoms with van der Waals surface area (Å²) in [6.45, 7) is 12.0. The summed E-state index contributed by atoms with van der Waals surface area (Å²) in [5.41, 5.74) is 2.02. The molecule has 1 aliphatic carbocycles. The zero-order valence-corrected chi connectivity index (χ0v) is 23.3. The van der Waals surface area contributed by atoms with Crippen molar-refractivity contribution in [2.45, 2.75) is 60.0 Å². The lowest BCUT2D eigenvalue weighted by atomic mass is 9.58. The molecule has 1 unspecified atom stereocenters. The molecule has 2 N–H and O–H groups in total. The van der Waals surface area contributed by atoms with Crippen LogP contribution in [0.5, 0.6) is 5.75 Å². The fourth-order valence-electron chi connectivity index (χ4n) is 5.39. The van der Waals surface area contributed by atoms with Gasteiger partial charge in [-0.05, 0) is 78.1 Å². The Morgan fingerprint density at radius 1 is 1.22 bits per heavy atom. The van der Waals surface area contributed by atoms with Crippen molar-refractivity contribution in [1.29, 1.82) is 0 Å². The van der Waals surface area contributed by atoms with E-state index in [1.54, 1.807) is 18.2 Å². The number of anilines is 1. The van der Waals surface area contributed by atoms with E-state index in [1.807, 2.05) is 12.1 Å². The minimum atomic E-state index is -0.350. The molecule has 0 saturated heterocycles. The van der Waals surface area contributed by atoms with E-state index >= 15 is 0 Å². The SMILES string of the molecule is COc1ccc(CCn2cnc3cc(NC(=S)N[C@H]4C[C@@H](C)C(C)(C)[C@@H](C)C4C)ccc3c2=O)c(F)c1. The molecule has 1 aliphatic rings. The van der Waals surface area contributed by atoms with Gasteiger partial charge in [0.2, 0.25) is 0 Å². The molecule has 1 fully saturated rings. The Morgan fingerprint density at radius 3 is 2.68 bits per heavy atom. The van der Waals surface area contributed by atoms with Gasteiger partial charge in [0.1, 0.15) is 11.6 Å². The first kappa shape index (κ1) is 27.0. The molecule has 3 aromatic rings. The van der Waals surface area contributed by atoms with Crippen molar-refractivity contribution in [3.63, 3.8) is 0 Å². The maximum atomic E-state index is 14.3. The normalized spacial score (nSPS) is 23.0. The first-order chi connectivity index (χ1) is 17.5. The van der Waals surface area contributed by atoms with Crippen LogP contribution in [0.2, 0.25) is 0 Å². The number of hydrogen-bond donors (Lipinski definition) is 2. The third-order valence-corrected chi connectivity index (χ3v) is 8.98. The van der Waals surface area contributed by atoms with Gasteiger partial charge in [0.25, 0.3) is 5.56 Å². The van der Waals surface area contributed by atoms with Gasteiger partial charge < -0.3 is 15.4 Å². The van der Waals surface area contributed by atoms with Crippen LogP contribution in [0.15, 0.2) is 47.5 Å². The Labute approximate surface area is 223 Å². The molecule has 4 atom stereocenters. The standard InChI is InChI=1S/C29H37FN4O2S/c1-17-13-25(18(2)19(3)29(17,4)5)33-28(37)32-21-8-10-23-26(14-21)31-16-34(27(23)35)12-11-20-7-9-22(36-6)15-24(20)30/h7-10,14-19,25H,11-13H2,1-6H3,(H2,32,33,37)/t17-,18?,19+,25+/m1/s1. The molecule has 2 aromatic carbocycles. The summed E-state index contributed by atoms with van der Waals surface area (Å²) in [6.07, 6.45) is 2.96. The third kappa shape index (κ3) is 5.64. The lowest BCUT2D eigenvalue weighted by Gasteiger charge is -2.50. The van der Waals surface area contributed by atoms with E-state index in [0.29, 0.717) is 69.5 Å². The third-order valence-electron chi connectivity index (χ3n) is 8.76. The second-order valence-electron chi connectivity index (χ2n) is 11.0. The van der Waals surface area contributed by atoms with Gasteiger partial charge in [-0.3, -0.25) is 9.36 Å². The lowest BCUT2D eigenvalue weighted by molar-refractivity contribution is 0.0210. The summed E-state index contributed by atoms with van der Waals surface area (Å²) in [7, 11) is 1.50. The highest BCUT2D eigenvalue weighted by Gasteiger charge is 2.43. The summed E-state index contributed by atoms with van der Waals surface area (Å²) in [6, 6.07) is 10.5. The number of hydrogen-bond acceptors (Lipinski definition) is 4. The number of rotatable bonds is 6. The van der Waals surface area contributed by atoms with Crippen LogP contribution in [0.3, 0.4) is 0 Å². The van der Waals surface area contributed by atoms with Crippen LogP contribution in [0.4, 0.5) is 10.1 Å². The van der Waals surface area contributed by atoms with Crippen LogP contribution >= 0.6 is 12.2 Å². The first-order valence-corrected chi connectivity index (χ1v) is 13.3. The first-order valence-electron chi connectivity index (χ1n) is 12.9. The van der Waals surface area contributed by atoms with Crippen LogP contribution in [-0.4, -0.2) is 27.8 Å². The molecule has 8 heteroatoms. The van der Waals surface area contributed by atoms with E-state index in [0.717, 1.165) is 12.1 Å². The van der Waals surface area contributed by atoms with Gasteiger partial charge in [-0.2, -0.15) is 0 Å². The second kappa shape index (κ2) is 10.8. The predicted octanol–water partition coefficient (Wildman–Crippen LogP) is 5.78. The van der Waals surface area contributed by atoms with Crippen molar-refractivity contribution in [3.8, 4) is 5.75 Å². The van der Waals surface area contributed by atoms with E-state index in [2.05, 4.69) is 50.2 Å². The highest BCUT2D eigenvalue weighted by atomic mass is 32.1. The Morgan fingerprint density at radius 2 is 1.97 bits per heavy atom. The molecular formula is C29H37FN4O2S. The molecule has 4 rings (SSSR count). The quantitative estimate of drug-likeness (QED) is 0.399. The van der Waals surface area contributed by atoms with E-state index in [9.17, 15) is 9.18 Å². The molecule has 37 heavy (non-hydrogen) atoms. The molecule has 0 spiro atoms. The molecule has 0 radical (unpaired) electrons. The van der Waals surface area contributed by atoms with Crippen molar-refractivity contribution in [3.05, 3.63) is 64.5 Å². The minimum absolute atomic E-state index is 0.159. The Bertz CT molecular complexity index is 1360. The van der Waals surface area contributed by atoms with E-state index < -0.39 is 0 Å². The molecule has 1 aromatic heterocycles. The summed E-state index contributed by atoms with van der Waals surface area (Å²) < 4.78 is 20.8. The smallest absolute Gasteiger partial charge is 0.261 e. The predicted molar refractivity (Wildman–Crippen MR) is 152 cm³/mol. The highest BCUT2D eigenvalue weighted by Crippen LogP contribution is 2.47.